The van der Waals surface area contributed by atoms with Gasteiger partial charge in [0.1, 0.15) is 19.3 Å². The van der Waals surface area contributed by atoms with E-state index in [9.17, 15) is 9.59 Å². The predicted octanol–water partition coefficient (Wildman–Crippen LogP) is 1.68. The van der Waals surface area contributed by atoms with Crippen molar-refractivity contribution in [1.29, 1.82) is 0 Å². The summed E-state index contributed by atoms with van der Waals surface area (Å²) >= 11 is 0. The molecule has 1 unspecified atom stereocenters. The quantitative estimate of drug-likeness (QED) is 0.903. The fourth-order valence-corrected chi connectivity index (χ4v) is 3.49. The zero-order valence-corrected chi connectivity index (χ0v) is 13.6. The molecule has 6 heteroatoms. The average molecular weight is 338 g/mol. The summed E-state index contributed by atoms with van der Waals surface area (Å²) in [4.78, 5) is 26.8. The fourth-order valence-electron chi connectivity index (χ4n) is 3.49. The molecule has 0 saturated heterocycles. The summed E-state index contributed by atoms with van der Waals surface area (Å²) in [6.45, 7) is 1.26. The maximum absolute atomic E-state index is 13.2. The van der Waals surface area contributed by atoms with Gasteiger partial charge in [0.05, 0.1) is 5.56 Å². The Labute approximate surface area is 145 Å². The topological polar surface area (TPSA) is 81.9 Å². The molecular weight excluding hydrogens is 320 g/mol. The third-order valence-electron chi connectivity index (χ3n) is 4.61. The van der Waals surface area contributed by atoms with Crippen molar-refractivity contribution in [1.82, 2.24) is 4.90 Å². The van der Waals surface area contributed by atoms with E-state index in [2.05, 4.69) is 0 Å². The van der Waals surface area contributed by atoms with Crippen LogP contribution in [0.5, 0.6) is 11.5 Å². The van der Waals surface area contributed by atoms with Crippen molar-refractivity contribution in [3.8, 4) is 11.5 Å². The number of hydrogen-bond donors (Lipinski definition) is 1. The molecule has 2 amide bonds. The zero-order valence-electron chi connectivity index (χ0n) is 13.6. The second-order valence-corrected chi connectivity index (χ2v) is 6.08. The van der Waals surface area contributed by atoms with E-state index < -0.39 is 11.9 Å². The Kier molecular flexibility index (Phi) is 3.80. The molecule has 2 aromatic carbocycles. The Bertz CT molecular complexity index is 849. The van der Waals surface area contributed by atoms with Crippen molar-refractivity contribution < 1.29 is 19.1 Å². The van der Waals surface area contributed by atoms with Gasteiger partial charge in [-0.25, -0.2) is 0 Å². The number of benzene rings is 2. The van der Waals surface area contributed by atoms with E-state index in [1.807, 2.05) is 24.3 Å². The summed E-state index contributed by atoms with van der Waals surface area (Å²) in [5, 5.41) is 0. The van der Waals surface area contributed by atoms with Gasteiger partial charge in [-0.3, -0.25) is 9.59 Å². The van der Waals surface area contributed by atoms with Crippen molar-refractivity contribution in [2.75, 3.05) is 19.8 Å². The number of hydrogen-bond acceptors (Lipinski definition) is 4. The molecule has 4 rings (SSSR count). The summed E-state index contributed by atoms with van der Waals surface area (Å²) in [7, 11) is 0. The highest BCUT2D eigenvalue weighted by atomic mass is 16.6. The number of primary amides is 1. The van der Waals surface area contributed by atoms with E-state index in [4.69, 9.17) is 15.2 Å². The second-order valence-electron chi connectivity index (χ2n) is 6.08. The van der Waals surface area contributed by atoms with Crippen LogP contribution in [0.15, 0.2) is 42.5 Å². The number of carbonyl (C=O) groups excluding carboxylic acids is 2. The van der Waals surface area contributed by atoms with E-state index >= 15 is 0 Å². The number of nitrogens with zero attached hydrogens (tertiary/aromatic N) is 1. The number of fused-ring (bicyclic) bond motifs is 2. The summed E-state index contributed by atoms with van der Waals surface area (Å²) in [5.74, 6) is 0.161. The minimum atomic E-state index is -0.780. The Morgan fingerprint density at radius 1 is 1.04 bits per heavy atom. The molecule has 0 fully saturated rings. The zero-order chi connectivity index (χ0) is 17.4. The molecule has 128 valence electrons. The van der Waals surface area contributed by atoms with Gasteiger partial charge in [0, 0.05) is 6.54 Å². The molecule has 6 nitrogen and oxygen atoms in total. The third-order valence-corrected chi connectivity index (χ3v) is 4.61. The van der Waals surface area contributed by atoms with Crippen LogP contribution in [0.2, 0.25) is 0 Å². The second kappa shape index (κ2) is 6.12. The number of para-hydroxylation sites is 1. The molecule has 0 aromatic heterocycles. The Hall–Kier alpha value is -3.02. The predicted molar refractivity (Wildman–Crippen MR) is 90.5 cm³/mol. The highest BCUT2D eigenvalue weighted by Crippen LogP contribution is 2.37. The van der Waals surface area contributed by atoms with Gasteiger partial charge in [-0.1, -0.05) is 30.3 Å². The molecule has 2 aliphatic rings. The molecule has 0 bridgehead atoms. The first kappa shape index (κ1) is 15.5. The van der Waals surface area contributed by atoms with Gasteiger partial charge in [-0.15, -0.1) is 0 Å². The lowest BCUT2D eigenvalue weighted by Crippen LogP contribution is -2.46. The summed E-state index contributed by atoms with van der Waals surface area (Å²) < 4.78 is 11.2. The van der Waals surface area contributed by atoms with Gasteiger partial charge in [0.15, 0.2) is 11.5 Å². The maximum Gasteiger partial charge on any atom is 0.258 e. The first-order valence-corrected chi connectivity index (χ1v) is 8.23. The molecule has 0 radical (unpaired) electrons. The van der Waals surface area contributed by atoms with E-state index in [0.29, 0.717) is 43.2 Å². The lowest BCUT2D eigenvalue weighted by Gasteiger charge is -2.36. The first-order chi connectivity index (χ1) is 12.2. The van der Waals surface area contributed by atoms with Gasteiger partial charge in [-0.05, 0) is 29.7 Å². The van der Waals surface area contributed by atoms with Gasteiger partial charge < -0.3 is 20.1 Å². The maximum atomic E-state index is 13.2. The van der Waals surface area contributed by atoms with Crippen LogP contribution in [0.4, 0.5) is 0 Å². The summed E-state index contributed by atoms with van der Waals surface area (Å²) in [6.07, 6.45) is 0.679. The monoisotopic (exact) mass is 338 g/mol. The molecule has 2 aromatic rings. The van der Waals surface area contributed by atoms with Crippen molar-refractivity contribution in [2.24, 2.45) is 5.73 Å². The van der Waals surface area contributed by atoms with Gasteiger partial charge >= 0.3 is 0 Å². The van der Waals surface area contributed by atoms with Crippen LogP contribution in [0.25, 0.3) is 0 Å². The molecule has 25 heavy (non-hydrogen) atoms. The molecule has 0 aliphatic carbocycles. The minimum absolute atomic E-state index is 0.277. The largest absolute Gasteiger partial charge is 0.486 e. The number of nitrogens with two attached hydrogens (primary N) is 1. The van der Waals surface area contributed by atoms with Gasteiger partial charge in [0.2, 0.25) is 5.91 Å². The van der Waals surface area contributed by atoms with Crippen LogP contribution in [0.1, 0.15) is 27.5 Å². The molecule has 2 heterocycles. The number of rotatable bonds is 2. The molecule has 1 atom stereocenters. The minimum Gasteiger partial charge on any atom is -0.486 e. The molecule has 0 saturated carbocycles. The van der Waals surface area contributed by atoms with Crippen LogP contribution in [0.3, 0.4) is 0 Å². The molecular formula is C19H18N2O4. The van der Waals surface area contributed by atoms with Crippen LogP contribution in [-0.2, 0) is 11.2 Å². The number of amides is 2. The van der Waals surface area contributed by atoms with Crippen molar-refractivity contribution in [2.45, 2.75) is 12.5 Å². The van der Waals surface area contributed by atoms with Crippen LogP contribution in [0, 0.1) is 0 Å². The Balaban J connectivity index is 1.74. The van der Waals surface area contributed by atoms with Crippen molar-refractivity contribution >= 4 is 11.8 Å². The standard InChI is InChI=1S/C19H18N2O4/c20-18(22)16-13-5-2-1-4-12(13)8-9-21(16)19(23)14-6-3-7-15-17(14)25-11-10-24-15/h1-7,16H,8-11H2,(H2,20,22). The van der Waals surface area contributed by atoms with Crippen molar-refractivity contribution in [3.63, 3.8) is 0 Å². The Morgan fingerprint density at radius 3 is 2.68 bits per heavy atom. The molecule has 2 aliphatic heterocycles. The lowest BCUT2D eigenvalue weighted by molar-refractivity contribution is -0.123. The van der Waals surface area contributed by atoms with Gasteiger partial charge in [0.25, 0.3) is 5.91 Å². The lowest BCUT2D eigenvalue weighted by atomic mass is 9.91. The fraction of sp³-hybridized carbons (Fsp3) is 0.263. The molecule has 2 N–H and O–H groups in total. The number of carbonyl (C=O) groups is 2. The van der Waals surface area contributed by atoms with Crippen molar-refractivity contribution in [3.05, 3.63) is 59.2 Å². The average Bonchev–Trinajstić information content (AvgIpc) is 2.66. The third kappa shape index (κ3) is 2.59. The highest BCUT2D eigenvalue weighted by Gasteiger charge is 2.36. The van der Waals surface area contributed by atoms with E-state index in [1.165, 1.54) is 4.90 Å². The SMILES string of the molecule is NC(=O)C1c2ccccc2CCN1C(=O)c1cccc2c1OCCO2. The van der Waals surface area contributed by atoms with Gasteiger partial charge in [-0.2, -0.15) is 0 Å². The first-order valence-electron chi connectivity index (χ1n) is 8.23. The van der Waals surface area contributed by atoms with E-state index in [1.54, 1.807) is 18.2 Å². The van der Waals surface area contributed by atoms with Crippen LogP contribution < -0.4 is 15.2 Å². The Morgan fingerprint density at radius 2 is 1.84 bits per heavy atom. The number of ether oxygens (including phenoxy) is 2. The summed E-state index contributed by atoms with van der Waals surface area (Å²) in [5.41, 5.74) is 7.86. The van der Waals surface area contributed by atoms with Crippen LogP contribution >= 0.6 is 0 Å². The van der Waals surface area contributed by atoms with E-state index in [-0.39, 0.29) is 5.91 Å². The normalized spacial score (nSPS) is 18.4. The smallest absolute Gasteiger partial charge is 0.258 e. The van der Waals surface area contributed by atoms with Crippen LogP contribution in [-0.4, -0.2) is 36.5 Å². The van der Waals surface area contributed by atoms with E-state index in [0.717, 1.165) is 11.1 Å². The molecule has 0 spiro atoms. The summed E-state index contributed by atoms with van der Waals surface area (Å²) in [6, 6.07) is 12.0. The highest BCUT2D eigenvalue weighted by molar-refractivity contribution is 6.00.